The molecule has 0 aliphatic rings. The molecule has 0 heterocycles. The predicted molar refractivity (Wildman–Crippen MR) is 109 cm³/mol. The maximum Gasteiger partial charge on any atom is 0.263 e. The van der Waals surface area contributed by atoms with Crippen molar-refractivity contribution >= 4 is 12.1 Å². The number of carbonyl (C=O) groups excluding carboxylic acids is 1. The van der Waals surface area contributed by atoms with Gasteiger partial charge in [0.1, 0.15) is 0 Å². The summed E-state index contributed by atoms with van der Waals surface area (Å²) in [5.74, 6) is 2.14. The van der Waals surface area contributed by atoms with E-state index in [4.69, 9.17) is 23.8 Å². The lowest BCUT2D eigenvalue weighted by molar-refractivity contribution is -0.131. The first-order valence-electron chi connectivity index (χ1n) is 8.92. The third-order valence-corrected chi connectivity index (χ3v) is 4.11. The van der Waals surface area contributed by atoms with Crippen LogP contribution in [0.3, 0.4) is 0 Å². The summed E-state index contributed by atoms with van der Waals surface area (Å²) in [6, 6.07) is 10.8. The highest BCUT2D eigenvalue weighted by Crippen LogP contribution is 2.28. The topological polar surface area (TPSA) is 87.6 Å². The first kappa shape index (κ1) is 21.9. The van der Waals surface area contributed by atoms with E-state index in [9.17, 15) is 4.79 Å². The molecular weight excluding hydrogens is 376 g/mol. The van der Waals surface area contributed by atoms with Gasteiger partial charge in [-0.1, -0.05) is 11.2 Å². The Bertz CT molecular complexity index is 853. The van der Waals surface area contributed by atoms with Crippen molar-refractivity contribution in [1.82, 2.24) is 5.32 Å². The Kier molecular flexibility index (Phi) is 8.14. The first-order chi connectivity index (χ1) is 14.0. The van der Waals surface area contributed by atoms with Gasteiger partial charge in [0, 0.05) is 12.1 Å². The molecule has 0 radical (unpaired) electrons. The summed E-state index contributed by atoms with van der Waals surface area (Å²) in [5, 5.41) is 6.68. The Morgan fingerprint density at radius 2 is 1.52 bits per heavy atom. The minimum absolute atomic E-state index is 0.288. The lowest BCUT2D eigenvalue weighted by Crippen LogP contribution is -2.33. The number of nitrogens with zero attached hydrogens (tertiary/aromatic N) is 1. The van der Waals surface area contributed by atoms with Crippen molar-refractivity contribution in [2.45, 2.75) is 19.6 Å². The molecule has 0 aliphatic carbocycles. The van der Waals surface area contributed by atoms with Crippen molar-refractivity contribution in [2.75, 3.05) is 28.4 Å². The highest BCUT2D eigenvalue weighted by Gasteiger charge is 2.14. The van der Waals surface area contributed by atoms with E-state index in [2.05, 4.69) is 10.5 Å². The summed E-state index contributed by atoms with van der Waals surface area (Å²) in [6.07, 6.45) is 0.742. The number of oxime groups is 1. The molecule has 1 atom stereocenters. The number of rotatable bonds is 10. The minimum atomic E-state index is -0.758. The average Bonchev–Trinajstić information content (AvgIpc) is 2.76. The molecule has 2 rings (SSSR count). The van der Waals surface area contributed by atoms with Gasteiger partial charge in [-0.25, -0.2) is 0 Å². The van der Waals surface area contributed by atoms with Gasteiger partial charge in [-0.3, -0.25) is 4.79 Å². The van der Waals surface area contributed by atoms with Crippen LogP contribution in [-0.2, 0) is 16.2 Å². The van der Waals surface area contributed by atoms with Gasteiger partial charge < -0.3 is 29.1 Å². The zero-order chi connectivity index (χ0) is 21.2. The molecule has 0 bridgehead atoms. The molecule has 0 saturated carbocycles. The van der Waals surface area contributed by atoms with Crippen LogP contribution in [0.15, 0.2) is 41.6 Å². The lowest BCUT2D eigenvalue weighted by Gasteiger charge is -2.12. The molecule has 29 heavy (non-hydrogen) atoms. The van der Waals surface area contributed by atoms with Gasteiger partial charge in [-0.05, 0) is 42.8 Å². The molecule has 1 unspecified atom stereocenters. The highest BCUT2D eigenvalue weighted by atomic mass is 16.6. The van der Waals surface area contributed by atoms with E-state index in [1.54, 1.807) is 65.7 Å². The van der Waals surface area contributed by atoms with Crippen molar-refractivity contribution in [3.05, 3.63) is 47.5 Å². The van der Waals surface area contributed by atoms with E-state index in [1.165, 1.54) is 6.21 Å². The summed E-state index contributed by atoms with van der Waals surface area (Å²) in [5.41, 5.74) is 1.62. The van der Waals surface area contributed by atoms with E-state index in [-0.39, 0.29) is 5.91 Å². The molecule has 156 valence electrons. The van der Waals surface area contributed by atoms with Gasteiger partial charge >= 0.3 is 0 Å². The van der Waals surface area contributed by atoms with Gasteiger partial charge in [-0.2, -0.15) is 0 Å². The monoisotopic (exact) mass is 402 g/mol. The van der Waals surface area contributed by atoms with Gasteiger partial charge in [0.25, 0.3) is 5.91 Å². The number of carbonyl (C=O) groups is 1. The third-order valence-electron chi connectivity index (χ3n) is 4.11. The molecule has 2 aromatic carbocycles. The molecule has 1 amide bonds. The van der Waals surface area contributed by atoms with Gasteiger partial charge in [0.05, 0.1) is 34.7 Å². The standard InChI is InChI=1S/C21H26N2O6/c1-14(29-23-13-16-7-9-18(26-3)20(11-16)28-5)21(24)22-12-15-6-8-17(25-2)19(10-15)27-4/h6-11,13-14H,12H2,1-5H3,(H,22,24)/b23-13+. The molecule has 0 saturated heterocycles. The molecule has 8 heteroatoms. The van der Waals surface area contributed by atoms with E-state index < -0.39 is 6.10 Å². The summed E-state index contributed by atoms with van der Waals surface area (Å²) in [4.78, 5) is 17.5. The second-order valence-corrected chi connectivity index (χ2v) is 6.00. The average molecular weight is 402 g/mol. The number of ether oxygens (including phenoxy) is 4. The second kappa shape index (κ2) is 10.8. The first-order valence-corrected chi connectivity index (χ1v) is 8.92. The minimum Gasteiger partial charge on any atom is -0.493 e. The Morgan fingerprint density at radius 1 is 0.931 bits per heavy atom. The van der Waals surface area contributed by atoms with Crippen molar-refractivity contribution in [3.8, 4) is 23.0 Å². The van der Waals surface area contributed by atoms with Crippen LogP contribution in [0, 0.1) is 0 Å². The third kappa shape index (κ3) is 6.03. The van der Waals surface area contributed by atoms with Crippen LogP contribution in [0.2, 0.25) is 0 Å². The van der Waals surface area contributed by atoms with Crippen molar-refractivity contribution < 1.29 is 28.6 Å². The van der Waals surface area contributed by atoms with Crippen molar-refractivity contribution in [3.63, 3.8) is 0 Å². The Balaban J connectivity index is 1.88. The van der Waals surface area contributed by atoms with Crippen molar-refractivity contribution in [2.24, 2.45) is 5.16 Å². The number of hydrogen-bond acceptors (Lipinski definition) is 7. The number of amides is 1. The smallest absolute Gasteiger partial charge is 0.263 e. The van der Waals surface area contributed by atoms with Crippen LogP contribution in [0.4, 0.5) is 0 Å². The molecular formula is C21H26N2O6. The van der Waals surface area contributed by atoms with Crippen LogP contribution < -0.4 is 24.3 Å². The fourth-order valence-corrected chi connectivity index (χ4v) is 2.49. The molecule has 0 aliphatic heterocycles. The van der Waals surface area contributed by atoms with E-state index in [0.29, 0.717) is 29.5 Å². The molecule has 0 aromatic heterocycles. The van der Waals surface area contributed by atoms with E-state index in [1.807, 2.05) is 6.07 Å². The summed E-state index contributed by atoms with van der Waals surface area (Å²) in [7, 11) is 6.25. The Labute approximate surface area is 170 Å². The lowest BCUT2D eigenvalue weighted by atomic mass is 10.2. The maximum absolute atomic E-state index is 12.2. The number of benzene rings is 2. The van der Waals surface area contributed by atoms with Crippen LogP contribution >= 0.6 is 0 Å². The summed E-state index contributed by atoms with van der Waals surface area (Å²) < 4.78 is 20.9. The largest absolute Gasteiger partial charge is 0.493 e. The highest BCUT2D eigenvalue weighted by molar-refractivity contribution is 5.82. The normalized spacial score (nSPS) is 11.6. The van der Waals surface area contributed by atoms with Gasteiger partial charge in [-0.15, -0.1) is 0 Å². The fraction of sp³-hybridized carbons (Fsp3) is 0.333. The number of methoxy groups -OCH3 is 4. The summed E-state index contributed by atoms with van der Waals surface area (Å²) in [6.45, 7) is 1.95. The predicted octanol–water partition coefficient (Wildman–Crippen LogP) is 2.78. The molecule has 0 spiro atoms. The Hall–Kier alpha value is -3.42. The van der Waals surface area contributed by atoms with Crippen LogP contribution in [0.1, 0.15) is 18.1 Å². The van der Waals surface area contributed by atoms with Crippen LogP contribution in [0.25, 0.3) is 0 Å². The summed E-state index contributed by atoms with van der Waals surface area (Å²) >= 11 is 0. The zero-order valence-electron chi connectivity index (χ0n) is 17.2. The number of nitrogens with one attached hydrogen (secondary N) is 1. The SMILES string of the molecule is COc1ccc(/C=N/OC(C)C(=O)NCc2ccc(OC)c(OC)c2)cc1OC. The zero-order valence-corrected chi connectivity index (χ0v) is 17.2. The van der Waals surface area contributed by atoms with E-state index in [0.717, 1.165) is 11.1 Å². The molecule has 8 nitrogen and oxygen atoms in total. The molecule has 0 fully saturated rings. The maximum atomic E-state index is 12.2. The molecule has 1 N–H and O–H groups in total. The van der Waals surface area contributed by atoms with E-state index >= 15 is 0 Å². The number of hydrogen-bond donors (Lipinski definition) is 1. The quantitative estimate of drug-likeness (QED) is 0.486. The second-order valence-electron chi connectivity index (χ2n) is 6.00. The Morgan fingerprint density at radius 3 is 2.14 bits per heavy atom. The van der Waals surface area contributed by atoms with Gasteiger partial charge in [0.15, 0.2) is 23.0 Å². The van der Waals surface area contributed by atoms with Crippen LogP contribution in [0.5, 0.6) is 23.0 Å². The van der Waals surface area contributed by atoms with Crippen LogP contribution in [-0.4, -0.2) is 46.7 Å². The molecule has 2 aromatic rings. The fourth-order valence-electron chi connectivity index (χ4n) is 2.49. The van der Waals surface area contributed by atoms with Crippen molar-refractivity contribution in [1.29, 1.82) is 0 Å². The van der Waals surface area contributed by atoms with Gasteiger partial charge in [0.2, 0.25) is 6.10 Å².